The molecule has 0 aliphatic heterocycles. The van der Waals surface area contributed by atoms with E-state index in [2.05, 4.69) is 10.4 Å². The van der Waals surface area contributed by atoms with Gasteiger partial charge in [-0.15, -0.1) is 0 Å². The molecule has 2 rings (SSSR count). The number of hydrogen-bond acceptors (Lipinski definition) is 3. The summed E-state index contributed by atoms with van der Waals surface area (Å²) in [7, 11) is 1.89. The minimum Gasteiger partial charge on any atom is -0.508 e. The lowest BCUT2D eigenvalue weighted by molar-refractivity contribution is 0.469. The molecule has 4 nitrogen and oxygen atoms in total. The molecule has 0 bridgehead atoms. The van der Waals surface area contributed by atoms with Gasteiger partial charge in [0.2, 0.25) is 0 Å². The van der Waals surface area contributed by atoms with Gasteiger partial charge in [-0.2, -0.15) is 5.10 Å². The van der Waals surface area contributed by atoms with Gasteiger partial charge in [-0.3, -0.25) is 4.68 Å². The SMILES string of the molecule is Cc1cn(C)nc1NCc1ccccc1O. The smallest absolute Gasteiger partial charge is 0.151 e. The van der Waals surface area contributed by atoms with Crippen LogP contribution in [0.3, 0.4) is 0 Å². The van der Waals surface area contributed by atoms with Gasteiger partial charge in [0.15, 0.2) is 5.82 Å². The number of benzene rings is 1. The monoisotopic (exact) mass is 217 g/mol. The second kappa shape index (κ2) is 4.26. The van der Waals surface area contributed by atoms with Gasteiger partial charge in [-0.25, -0.2) is 0 Å². The Labute approximate surface area is 94.5 Å². The predicted molar refractivity (Wildman–Crippen MR) is 63.4 cm³/mol. The van der Waals surface area contributed by atoms with Crippen molar-refractivity contribution in [1.82, 2.24) is 9.78 Å². The summed E-state index contributed by atoms with van der Waals surface area (Å²) in [5, 5.41) is 17.1. The highest BCUT2D eigenvalue weighted by atomic mass is 16.3. The minimum absolute atomic E-state index is 0.309. The zero-order chi connectivity index (χ0) is 11.5. The van der Waals surface area contributed by atoms with E-state index in [1.807, 2.05) is 38.4 Å². The number of phenols is 1. The third kappa shape index (κ3) is 2.16. The van der Waals surface area contributed by atoms with Crippen LogP contribution in [0.5, 0.6) is 5.75 Å². The second-order valence-electron chi connectivity index (χ2n) is 3.82. The summed E-state index contributed by atoms with van der Waals surface area (Å²) < 4.78 is 1.77. The summed E-state index contributed by atoms with van der Waals surface area (Å²) in [6.45, 7) is 2.57. The molecule has 1 aromatic carbocycles. The molecule has 0 radical (unpaired) electrons. The van der Waals surface area contributed by atoms with Crippen LogP contribution in [0.25, 0.3) is 0 Å². The quantitative estimate of drug-likeness (QED) is 0.827. The Balaban J connectivity index is 2.08. The summed E-state index contributed by atoms with van der Waals surface area (Å²) in [6.07, 6.45) is 1.95. The number of hydrogen-bond donors (Lipinski definition) is 2. The highest BCUT2D eigenvalue weighted by Gasteiger charge is 2.04. The van der Waals surface area contributed by atoms with E-state index >= 15 is 0 Å². The maximum absolute atomic E-state index is 9.60. The van der Waals surface area contributed by atoms with E-state index in [-0.39, 0.29) is 0 Å². The number of nitrogens with zero attached hydrogens (tertiary/aromatic N) is 2. The first-order valence-electron chi connectivity index (χ1n) is 5.18. The molecule has 16 heavy (non-hydrogen) atoms. The summed E-state index contributed by atoms with van der Waals surface area (Å²) in [4.78, 5) is 0. The van der Waals surface area contributed by atoms with Crippen LogP contribution in [-0.4, -0.2) is 14.9 Å². The molecule has 0 saturated heterocycles. The number of aromatic hydroxyl groups is 1. The average Bonchev–Trinajstić information content (AvgIpc) is 2.56. The Bertz CT molecular complexity index is 491. The summed E-state index contributed by atoms with van der Waals surface area (Å²) in [5.41, 5.74) is 1.96. The van der Waals surface area contributed by atoms with Crippen molar-refractivity contribution in [3.05, 3.63) is 41.6 Å². The molecule has 4 heteroatoms. The molecule has 2 aromatic rings. The van der Waals surface area contributed by atoms with Gasteiger partial charge in [0.25, 0.3) is 0 Å². The molecule has 84 valence electrons. The molecule has 0 spiro atoms. The lowest BCUT2D eigenvalue weighted by Gasteiger charge is -2.06. The van der Waals surface area contributed by atoms with Crippen LogP contribution in [-0.2, 0) is 13.6 Å². The molecule has 0 atom stereocenters. The molecular formula is C12H15N3O. The molecule has 0 saturated carbocycles. The van der Waals surface area contributed by atoms with Crippen LogP contribution in [0.2, 0.25) is 0 Å². The van der Waals surface area contributed by atoms with Crippen LogP contribution in [0.1, 0.15) is 11.1 Å². The summed E-state index contributed by atoms with van der Waals surface area (Å²) in [6, 6.07) is 7.29. The number of anilines is 1. The van der Waals surface area contributed by atoms with Gasteiger partial charge >= 0.3 is 0 Å². The summed E-state index contributed by atoms with van der Waals surface area (Å²) in [5.74, 6) is 1.16. The van der Waals surface area contributed by atoms with Crippen LogP contribution in [0, 0.1) is 6.92 Å². The number of rotatable bonds is 3. The number of para-hydroxylation sites is 1. The highest BCUT2D eigenvalue weighted by Crippen LogP contribution is 2.18. The topological polar surface area (TPSA) is 50.1 Å². The molecule has 0 fully saturated rings. The standard InChI is InChI=1S/C12H15N3O/c1-9-8-15(2)14-12(9)13-7-10-5-3-4-6-11(10)16/h3-6,8,16H,7H2,1-2H3,(H,13,14). The number of aromatic nitrogens is 2. The fourth-order valence-electron chi connectivity index (χ4n) is 1.62. The zero-order valence-corrected chi connectivity index (χ0v) is 9.44. The van der Waals surface area contributed by atoms with Crippen LogP contribution in [0.15, 0.2) is 30.5 Å². The Morgan fingerprint density at radius 1 is 1.38 bits per heavy atom. The maximum atomic E-state index is 9.60. The lowest BCUT2D eigenvalue weighted by Crippen LogP contribution is -2.01. The van der Waals surface area contributed by atoms with E-state index in [1.165, 1.54) is 0 Å². The Hall–Kier alpha value is -1.97. The van der Waals surface area contributed by atoms with Gasteiger partial charge in [0.05, 0.1) is 0 Å². The first-order valence-corrected chi connectivity index (χ1v) is 5.18. The van der Waals surface area contributed by atoms with Crippen LogP contribution >= 0.6 is 0 Å². The van der Waals surface area contributed by atoms with Gasteiger partial charge < -0.3 is 10.4 Å². The molecular weight excluding hydrogens is 202 g/mol. The maximum Gasteiger partial charge on any atom is 0.151 e. The van der Waals surface area contributed by atoms with Crippen molar-refractivity contribution in [2.75, 3.05) is 5.32 Å². The molecule has 0 amide bonds. The number of phenolic OH excluding ortho intramolecular Hbond substituents is 1. The Morgan fingerprint density at radius 2 is 2.12 bits per heavy atom. The van der Waals surface area contributed by atoms with Crippen molar-refractivity contribution in [1.29, 1.82) is 0 Å². The van der Waals surface area contributed by atoms with Gasteiger partial charge in [0, 0.05) is 30.9 Å². The molecule has 0 unspecified atom stereocenters. The van der Waals surface area contributed by atoms with E-state index in [0.717, 1.165) is 16.9 Å². The average molecular weight is 217 g/mol. The van der Waals surface area contributed by atoms with Crippen molar-refractivity contribution >= 4 is 5.82 Å². The van der Waals surface area contributed by atoms with Crippen LogP contribution < -0.4 is 5.32 Å². The molecule has 0 aliphatic carbocycles. The zero-order valence-electron chi connectivity index (χ0n) is 9.44. The van der Waals surface area contributed by atoms with E-state index in [9.17, 15) is 5.11 Å². The van der Waals surface area contributed by atoms with Crippen molar-refractivity contribution in [3.63, 3.8) is 0 Å². The van der Waals surface area contributed by atoms with Crippen LogP contribution in [0.4, 0.5) is 5.82 Å². The minimum atomic E-state index is 0.309. The normalized spacial score (nSPS) is 10.4. The summed E-state index contributed by atoms with van der Waals surface area (Å²) >= 11 is 0. The molecule has 1 aromatic heterocycles. The van der Waals surface area contributed by atoms with Gasteiger partial charge in [0.1, 0.15) is 5.75 Å². The van der Waals surface area contributed by atoms with Crippen molar-refractivity contribution in [2.24, 2.45) is 7.05 Å². The largest absolute Gasteiger partial charge is 0.508 e. The van der Waals surface area contributed by atoms with E-state index in [1.54, 1.807) is 10.7 Å². The van der Waals surface area contributed by atoms with Gasteiger partial charge in [-0.1, -0.05) is 18.2 Å². The van der Waals surface area contributed by atoms with E-state index < -0.39 is 0 Å². The molecule has 2 N–H and O–H groups in total. The fraction of sp³-hybridized carbons (Fsp3) is 0.250. The molecule has 0 aliphatic rings. The van der Waals surface area contributed by atoms with E-state index in [0.29, 0.717) is 12.3 Å². The lowest BCUT2D eigenvalue weighted by atomic mass is 10.2. The predicted octanol–water partition coefficient (Wildman–Crippen LogP) is 2.05. The van der Waals surface area contributed by atoms with Crippen molar-refractivity contribution < 1.29 is 5.11 Å². The second-order valence-corrected chi connectivity index (χ2v) is 3.82. The fourth-order valence-corrected chi connectivity index (χ4v) is 1.62. The van der Waals surface area contributed by atoms with Crippen molar-refractivity contribution in [3.8, 4) is 5.75 Å². The third-order valence-electron chi connectivity index (χ3n) is 2.45. The highest BCUT2D eigenvalue weighted by molar-refractivity contribution is 5.44. The van der Waals surface area contributed by atoms with Gasteiger partial charge in [-0.05, 0) is 13.0 Å². The third-order valence-corrected chi connectivity index (χ3v) is 2.45. The first kappa shape index (κ1) is 10.5. The Kier molecular flexibility index (Phi) is 2.81. The number of aryl methyl sites for hydroxylation is 2. The first-order chi connectivity index (χ1) is 7.66. The number of nitrogens with one attached hydrogen (secondary N) is 1. The Morgan fingerprint density at radius 3 is 2.75 bits per heavy atom. The van der Waals surface area contributed by atoms with Crippen molar-refractivity contribution in [2.45, 2.75) is 13.5 Å². The molecule has 1 heterocycles. The van der Waals surface area contributed by atoms with E-state index in [4.69, 9.17) is 0 Å².